The van der Waals surface area contributed by atoms with Crippen LogP contribution >= 0.6 is 11.6 Å². The molecule has 0 saturated carbocycles. The van der Waals surface area contributed by atoms with Crippen molar-refractivity contribution in [1.82, 2.24) is 19.5 Å². The van der Waals surface area contributed by atoms with E-state index < -0.39 is 31.1 Å². The molecule has 1 aliphatic rings. The van der Waals surface area contributed by atoms with E-state index in [1.54, 1.807) is 18.2 Å². The van der Waals surface area contributed by atoms with E-state index in [0.29, 0.717) is 34.2 Å². The van der Waals surface area contributed by atoms with E-state index in [4.69, 9.17) is 22.1 Å². The summed E-state index contributed by atoms with van der Waals surface area (Å²) in [7, 11) is 0. The molecule has 0 amide bonds. The van der Waals surface area contributed by atoms with Gasteiger partial charge in [-0.05, 0) is 23.8 Å². The summed E-state index contributed by atoms with van der Waals surface area (Å²) in [5, 5.41) is 33.2. The maximum Gasteiger partial charge on any atom is 0.167 e. The topological polar surface area (TPSA) is 152 Å². The van der Waals surface area contributed by atoms with Crippen LogP contribution in [0.15, 0.2) is 30.9 Å². The van der Waals surface area contributed by atoms with Gasteiger partial charge in [0.2, 0.25) is 0 Å². The molecule has 3 aromatic rings. The van der Waals surface area contributed by atoms with Crippen LogP contribution < -0.4 is 11.1 Å². The number of nitrogens with zero attached hydrogens (tertiary/aromatic N) is 4. The molecule has 148 valence electrons. The number of nitrogen functional groups attached to an aromatic ring is 1. The first kappa shape index (κ1) is 18.8. The van der Waals surface area contributed by atoms with Gasteiger partial charge in [-0.15, -0.1) is 0 Å². The predicted molar refractivity (Wildman–Crippen MR) is 102 cm³/mol. The molecule has 10 nitrogen and oxygen atoms in total. The molecular weight excluding hydrogens is 388 g/mol. The number of anilines is 2. The minimum Gasteiger partial charge on any atom is -0.399 e. The van der Waals surface area contributed by atoms with Gasteiger partial charge in [-0.2, -0.15) is 0 Å². The number of halogens is 1. The Morgan fingerprint density at radius 3 is 2.71 bits per heavy atom. The number of imidazole rings is 1. The van der Waals surface area contributed by atoms with Gasteiger partial charge in [-0.1, -0.05) is 11.6 Å². The van der Waals surface area contributed by atoms with Crippen LogP contribution in [0.5, 0.6) is 0 Å². The van der Waals surface area contributed by atoms with Crippen molar-refractivity contribution in [1.29, 1.82) is 0 Å². The van der Waals surface area contributed by atoms with Crippen LogP contribution in [0.3, 0.4) is 0 Å². The number of nitrogens with one attached hydrogen (secondary N) is 1. The first-order valence-electron chi connectivity index (χ1n) is 8.56. The summed E-state index contributed by atoms with van der Waals surface area (Å²) in [4.78, 5) is 12.7. The van der Waals surface area contributed by atoms with Gasteiger partial charge in [-0.25, -0.2) is 15.0 Å². The summed E-state index contributed by atoms with van der Waals surface area (Å²) in [6.07, 6.45) is -1.44. The number of fused-ring (bicyclic) bond motifs is 1. The monoisotopic (exact) mass is 406 g/mol. The molecule has 6 N–H and O–H groups in total. The quantitative estimate of drug-likeness (QED) is 0.376. The fraction of sp³-hybridized carbons (Fsp3) is 0.353. The first-order chi connectivity index (χ1) is 13.5. The minimum absolute atomic E-state index is 0.411. The predicted octanol–water partition coefficient (Wildman–Crippen LogP) is 0.285. The van der Waals surface area contributed by atoms with Crippen molar-refractivity contribution >= 4 is 34.3 Å². The Kier molecular flexibility index (Phi) is 5.04. The third-order valence-corrected chi connectivity index (χ3v) is 4.81. The first-order valence-corrected chi connectivity index (χ1v) is 8.94. The van der Waals surface area contributed by atoms with Gasteiger partial charge in [0.1, 0.15) is 24.6 Å². The standard InChI is InChI=1S/C17H19ClN6O4/c18-9-1-8(2-10(19)3-9)4-20-15-12-16(22-6-21-15)24(7-23-12)17-14(27)13(26)11(5-25)28-17/h1-3,6-7,11,13-14,17,25-27H,4-5,19H2,(H,20,21,22)/t11-,13-,14-,17?/m1/s1. The smallest absolute Gasteiger partial charge is 0.167 e. The second kappa shape index (κ2) is 7.49. The van der Waals surface area contributed by atoms with Gasteiger partial charge in [0, 0.05) is 17.3 Å². The van der Waals surface area contributed by atoms with Crippen molar-refractivity contribution in [2.45, 2.75) is 31.1 Å². The normalized spacial score (nSPS) is 24.7. The zero-order valence-corrected chi connectivity index (χ0v) is 15.4. The Morgan fingerprint density at radius 1 is 1.18 bits per heavy atom. The molecular formula is C17H19ClN6O4. The molecule has 0 spiro atoms. The van der Waals surface area contributed by atoms with E-state index in [0.717, 1.165) is 5.56 Å². The second-order valence-corrected chi connectivity index (χ2v) is 6.96. The van der Waals surface area contributed by atoms with Gasteiger partial charge < -0.3 is 31.1 Å². The van der Waals surface area contributed by atoms with Crippen molar-refractivity contribution in [3.63, 3.8) is 0 Å². The SMILES string of the molecule is Nc1cc(Cl)cc(CNc2ncnc3c2ncn3C2O[C@H](CO)[C@@H](O)[C@H]2O)c1. The highest BCUT2D eigenvalue weighted by Gasteiger charge is 2.44. The zero-order chi connectivity index (χ0) is 19.8. The van der Waals surface area contributed by atoms with Gasteiger partial charge in [0.15, 0.2) is 23.2 Å². The molecule has 0 aliphatic carbocycles. The molecule has 28 heavy (non-hydrogen) atoms. The van der Waals surface area contributed by atoms with Crippen LogP contribution in [0.4, 0.5) is 11.5 Å². The lowest BCUT2D eigenvalue weighted by Crippen LogP contribution is -2.33. The summed E-state index contributed by atoms with van der Waals surface area (Å²) >= 11 is 6.03. The van der Waals surface area contributed by atoms with Crippen LogP contribution in [-0.2, 0) is 11.3 Å². The van der Waals surface area contributed by atoms with Crippen molar-refractivity contribution in [3.05, 3.63) is 41.4 Å². The molecule has 1 unspecified atom stereocenters. The van der Waals surface area contributed by atoms with Crippen LogP contribution in [0.25, 0.3) is 11.2 Å². The zero-order valence-electron chi connectivity index (χ0n) is 14.6. The number of nitrogens with two attached hydrogens (primary N) is 1. The molecule has 1 aromatic carbocycles. The summed E-state index contributed by atoms with van der Waals surface area (Å²) in [5.74, 6) is 0.481. The van der Waals surface area contributed by atoms with Crippen LogP contribution in [0.2, 0.25) is 5.02 Å². The maximum atomic E-state index is 10.2. The van der Waals surface area contributed by atoms with Crippen molar-refractivity contribution in [3.8, 4) is 0 Å². The number of aliphatic hydroxyl groups excluding tert-OH is 3. The Morgan fingerprint density at radius 2 is 2.00 bits per heavy atom. The molecule has 11 heteroatoms. The van der Waals surface area contributed by atoms with E-state index in [-0.39, 0.29) is 0 Å². The third kappa shape index (κ3) is 3.36. The average Bonchev–Trinajstić information content (AvgIpc) is 3.21. The number of hydrogen-bond donors (Lipinski definition) is 5. The highest BCUT2D eigenvalue weighted by atomic mass is 35.5. The minimum atomic E-state index is -1.23. The van der Waals surface area contributed by atoms with Crippen LogP contribution in [0, 0.1) is 0 Å². The lowest BCUT2D eigenvalue weighted by atomic mass is 10.1. The van der Waals surface area contributed by atoms with E-state index in [1.165, 1.54) is 17.2 Å². The number of hydrogen-bond acceptors (Lipinski definition) is 9. The Hall–Kier alpha value is -2.50. The van der Waals surface area contributed by atoms with Gasteiger partial charge >= 0.3 is 0 Å². The number of aromatic nitrogens is 4. The molecule has 2 aromatic heterocycles. The second-order valence-electron chi connectivity index (χ2n) is 6.52. The molecule has 1 aliphatic heterocycles. The van der Waals surface area contributed by atoms with E-state index >= 15 is 0 Å². The summed E-state index contributed by atoms with van der Waals surface area (Å²) in [6.45, 7) is 0.00347. The van der Waals surface area contributed by atoms with E-state index in [9.17, 15) is 15.3 Å². The highest BCUT2D eigenvalue weighted by Crippen LogP contribution is 2.32. The maximum absolute atomic E-state index is 10.2. The summed E-state index contributed by atoms with van der Waals surface area (Å²) in [6, 6.07) is 5.26. The Bertz CT molecular complexity index is 979. The Labute approximate surface area is 164 Å². The fourth-order valence-electron chi connectivity index (χ4n) is 3.24. The molecule has 4 atom stereocenters. The molecule has 0 bridgehead atoms. The Balaban J connectivity index is 1.60. The number of rotatable bonds is 5. The van der Waals surface area contributed by atoms with Crippen molar-refractivity contribution < 1.29 is 20.1 Å². The molecule has 1 fully saturated rings. The third-order valence-electron chi connectivity index (χ3n) is 4.59. The number of aliphatic hydroxyl groups is 3. The number of benzene rings is 1. The number of ether oxygens (including phenoxy) is 1. The molecule has 1 saturated heterocycles. The fourth-order valence-corrected chi connectivity index (χ4v) is 3.51. The van der Waals surface area contributed by atoms with Crippen molar-refractivity contribution in [2.24, 2.45) is 0 Å². The van der Waals surface area contributed by atoms with E-state index in [2.05, 4.69) is 20.3 Å². The van der Waals surface area contributed by atoms with Gasteiger partial charge in [-0.3, -0.25) is 4.57 Å². The lowest BCUT2D eigenvalue weighted by Gasteiger charge is -2.16. The molecule has 4 rings (SSSR count). The van der Waals surface area contributed by atoms with E-state index in [1.807, 2.05) is 0 Å². The average molecular weight is 407 g/mol. The van der Waals surface area contributed by atoms with Crippen LogP contribution in [-0.4, -0.2) is 59.8 Å². The van der Waals surface area contributed by atoms with Crippen LogP contribution in [0.1, 0.15) is 11.8 Å². The van der Waals surface area contributed by atoms with Gasteiger partial charge in [0.25, 0.3) is 0 Å². The highest BCUT2D eigenvalue weighted by molar-refractivity contribution is 6.30. The summed E-state index contributed by atoms with van der Waals surface area (Å²) in [5.41, 5.74) is 8.13. The van der Waals surface area contributed by atoms with Crippen molar-refractivity contribution in [2.75, 3.05) is 17.7 Å². The largest absolute Gasteiger partial charge is 0.399 e. The molecule has 0 radical (unpaired) electrons. The lowest BCUT2D eigenvalue weighted by molar-refractivity contribution is -0.0511. The molecule has 3 heterocycles. The van der Waals surface area contributed by atoms with Gasteiger partial charge in [0.05, 0.1) is 12.9 Å². The summed E-state index contributed by atoms with van der Waals surface area (Å²) < 4.78 is 7.05.